The van der Waals surface area contributed by atoms with E-state index in [-0.39, 0.29) is 5.91 Å². The van der Waals surface area contributed by atoms with Gasteiger partial charge in [0.15, 0.2) is 5.76 Å². The molecule has 0 atom stereocenters. The first-order valence-electron chi connectivity index (χ1n) is 9.01. The number of carbonyl (C=O) groups is 1. The van der Waals surface area contributed by atoms with Gasteiger partial charge in [-0.15, -0.1) is 0 Å². The Morgan fingerprint density at radius 2 is 1.61 bits per heavy atom. The second-order valence-electron chi connectivity index (χ2n) is 6.58. The minimum atomic E-state index is -0.243. The van der Waals surface area contributed by atoms with Crippen molar-refractivity contribution >= 4 is 11.6 Å². The molecule has 0 aliphatic heterocycles. The molecule has 0 saturated carbocycles. The average Bonchev–Trinajstić information content (AvgIpc) is 3.23. The van der Waals surface area contributed by atoms with Crippen molar-refractivity contribution in [3.05, 3.63) is 83.4 Å². The lowest BCUT2D eigenvalue weighted by Crippen LogP contribution is -2.15. The molecule has 0 saturated heterocycles. The molecule has 1 amide bonds. The summed E-state index contributed by atoms with van der Waals surface area (Å²) in [5.41, 5.74) is 4.92. The molecule has 2 heterocycles. The number of rotatable bonds is 4. The Hall–Kier alpha value is -3.67. The number of para-hydroxylation sites is 1. The smallest absolute Gasteiger partial charge is 0.259 e. The Kier molecular flexibility index (Phi) is 4.53. The molecular weight excluding hydrogens is 352 g/mol. The van der Waals surface area contributed by atoms with E-state index in [0.29, 0.717) is 28.4 Å². The third-order valence-electron chi connectivity index (χ3n) is 4.66. The van der Waals surface area contributed by atoms with Gasteiger partial charge in [0.1, 0.15) is 17.1 Å². The Balaban J connectivity index is 1.85. The molecule has 2 aromatic carbocycles. The number of nitrogens with one attached hydrogen (secondary N) is 1. The van der Waals surface area contributed by atoms with E-state index in [1.807, 2.05) is 67.6 Å². The van der Waals surface area contributed by atoms with Gasteiger partial charge in [-0.25, -0.2) is 4.68 Å². The number of aryl methyl sites for hydroxylation is 2. The highest BCUT2D eigenvalue weighted by Gasteiger charge is 2.24. The molecule has 0 spiro atoms. The average molecular weight is 372 g/mol. The van der Waals surface area contributed by atoms with Crippen LogP contribution in [0.5, 0.6) is 0 Å². The molecule has 0 fully saturated rings. The summed E-state index contributed by atoms with van der Waals surface area (Å²) < 4.78 is 6.96. The summed E-state index contributed by atoms with van der Waals surface area (Å²) in [5.74, 6) is 0.327. The maximum Gasteiger partial charge on any atom is 0.259 e. The van der Waals surface area contributed by atoms with Crippen LogP contribution in [0, 0.1) is 20.8 Å². The van der Waals surface area contributed by atoms with Gasteiger partial charge in [-0.1, -0.05) is 53.7 Å². The van der Waals surface area contributed by atoms with Gasteiger partial charge in [0.25, 0.3) is 5.91 Å². The van der Waals surface area contributed by atoms with Crippen LogP contribution >= 0.6 is 0 Å². The molecule has 140 valence electrons. The number of nitrogens with zero attached hydrogens (tertiary/aromatic N) is 3. The molecule has 0 bridgehead atoms. The fourth-order valence-electron chi connectivity index (χ4n) is 3.23. The van der Waals surface area contributed by atoms with Crippen LogP contribution in [-0.2, 0) is 0 Å². The summed E-state index contributed by atoms with van der Waals surface area (Å²) >= 11 is 0. The number of carbonyl (C=O) groups excluding carboxylic acids is 1. The Morgan fingerprint density at radius 3 is 2.21 bits per heavy atom. The number of amides is 1. The van der Waals surface area contributed by atoms with Gasteiger partial charge in [0.05, 0.1) is 16.9 Å². The molecular formula is C22H20N4O2. The zero-order chi connectivity index (χ0) is 19.7. The Morgan fingerprint density at radius 1 is 0.964 bits per heavy atom. The molecule has 2 aromatic heterocycles. The molecule has 0 unspecified atom stereocenters. The molecule has 28 heavy (non-hydrogen) atoms. The van der Waals surface area contributed by atoms with E-state index in [1.165, 1.54) is 0 Å². The van der Waals surface area contributed by atoms with Crippen LogP contribution in [0.3, 0.4) is 0 Å². The maximum absolute atomic E-state index is 13.2. The fourth-order valence-corrected chi connectivity index (χ4v) is 3.23. The van der Waals surface area contributed by atoms with Crippen molar-refractivity contribution in [1.82, 2.24) is 14.9 Å². The van der Waals surface area contributed by atoms with Crippen molar-refractivity contribution in [2.45, 2.75) is 20.8 Å². The summed E-state index contributed by atoms with van der Waals surface area (Å²) in [5, 5.41) is 11.6. The largest absolute Gasteiger partial charge is 0.359 e. The van der Waals surface area contributed by atoms with Crippen molar-refractivity contribution < 1.29 is 9.32 Å². The number of benzene rings is 2. The zero-order valence-corrected chi connectivity index (χ0v) is 15.9. The van der Waals surface area contributed by atoms with E-state index in [0.717, 1.165) is 16.9 Å². The van der Waals surface area contributed by atoms with Crippen LogP contribution in [0.1, 0.15) is 27.5 Å². The second-order valence-corrected chi connectivity index (χ2v) is 6.58. The monoisotopic (exact) mass is 372 g/mol. The van der Waals surface area contributed by atoms with Crippen LogP contribution in [0.2, 0.25) is 0 Å². The Bertz CT molecular complexity index is 1110. The fraction of sp³-hybridized carbons (Fsp3) is 0.136. The van der Waals surface area contributed by atoms with E-state index in [4.69, 9.17) is 9.62 Å². The summed E-state index contributed by atoms with van der Waals surface area (Å²) in [6, 6.07) is 19.5. The summed E-state index contributed by atoms with van der Waals surface area (Å²) in [6.07, 6.45) is 0. The molecule has 0 radical (unpaired) electrons. The normalized spacial score (nSPS) is 10.8. The van der Waals surface area contributed by atoms with Gasteiger partial charge >= 0.3 is 0 Å². The van der Waals surface area contributed by atoms with E-state index >= 15 is 0 Å². The SMILES string of the molecule is Cc1noc(C)c1NC(=O)c1c(-c2ccccc2)nn(-c2ccccc2)c1C. The highest BCUT2D eigenvalue weighted by Crippen LogP contribution is 2.29. The van der Waals surface area contributed by atoms with Crippen molar-refractivity contribution in [2.24, 2.45) is 0 Å². The standard InChI is InChI=1S/C22H20N4O2/c1-14-20(16(3)28-25-14)23-22(27)19-15(2)26(18-12-8-5-9-13-18)24-21(19)17-10-6-4-7-11-17/h4-13H,1-3H3,(H,23,27). The Labute approximate surface area is 162 Å². The minimum absolute atomic E-state index is 0.243. The highest BCUT2D eigenvalue weighted by atomic mass is 16.5. The second kappa shape index (κ2) is 7.15. The van der Waals surface area contributed by atoms with E-state index < -0.39 is 0 Å². The predicted octanol–water partition coefficient (Wildman–Crippen LogP) is 4.70. The van der Waals surface area contributed by atoms with Crippen molar-refractivity contribution in [2.75, 3.05) is 5.32 Å². The summed E-state index contributed by atoms with van der Waals surface area (Å²) in [4.78, 5) is 13.2. The first-order chi connectivity index (χ1) is 13.6. The minimum Gasteiger partial charge on any atom is -0.359 e. The zero-order valence-electron chi connectivity index (χ0n) is 15.9. The lowest BCUT2D eigenvalue weighted by atomic mass is 10.1. The molecule has 6 nitrogen and oxygen atoms in total. The predicted molar refractivity (Wildman–Crippen MR) is 108 cm³/mol. The molecule has 0 aliphatic carbocycles. The van der Waals surface area contributed by atoms with Crippen molar-refractivity contribution in [3.63, 3.8) is 0 Å². The summed E-state index contributed by atoms with van der Waals surface area (Å²) in [7, 11) is 0. The lowest BCUT2D eigenvalue weighted by molar-refractivity contribution is 0.102. The van der Waals surface area contributed by atoms with Crippen LogP contribution in [-0.4, -0.2) is 20.8 Å². The van der Waals surface area contributed by atoms with Gasteiger partial charge in [-0.3, -0.25) is 4.79 Å². The third kappa shape index (κ3) is 3.09. The first kappa shape index (κ1) is 17.7. The van der Waals surface area contributed by atoms with E-state index in [9.17, 15) is 4.79 Å². The van der Waals surface area contributed by atoms with Crippen LogP contribution in [0.15, 0.2) is 65.2 Å². The lowest BCUT2D eigenvalue weighted by Gasteiger charge is -2.07. The van der Waals surface area contributed by atoms with Gasteiger partial charge in [0.2, 0.25) is 0 Å². The number of aromatic nitrogens is 3. The molecule has 0 aliphatic rings. The van der Waals surface area contributed by atoms with Gasteiger partial charge in [-0.2, -0.15) is 5.10 Å². The number of hydrogen-bond donors (Lipinski definition) is 1. The highest BCUT2D eigenvalue weighted by molar-refractivity contribution is 6.09. The van der Waals surface area contributed by atoms with E-state index in [2.05, 4.69) is 10.5 Å². The molecule has 4 aromatic rings. The quantitative estimate of drug-likeness (QED) is 0.563. The van der Waals surface area contributed by atoms with Crippen LogP contribution < -0.4 is 5.32 Å². The maximum atomic E-state index is 13.2. The van der Waals surface area contributed by atoms with Gasteiger partial charge in [0, 0.05) is 5.56 Å². The van der Waals surface area contributed by atoms with Gasteiger partial charge in [-0.05, 0) is 32.9 Å². The van der Waals surface area contributed by atoms with E-state index in [1.54, 1.807) is 18.5 Å². The van der Waals surface area contributed by atoms with Crippen LogP contribution in [0.4, 0.5) is 5.69 Å². The third-order valence-corrected chi connectivity index (χ3v) is 4.66. The van der Waals surface area contributed by atoms with Crippen molar-refractivity contribution in [1.29, 1.82) is 0 Å². The first-order valence-corrected chi connectivity index (χ1v) is 9.01. The topological polar surface area (TPSA) is 73.0 Å². The van der Waals surface area contributed by atoms with Crippen LogP contribution in [0.25, 0.3) is 16.9 Å². The summed E-state index contributed by atoms with van der Waals surface area (Å²) in [6.45, 7) is 5.47. The van der Waals surface area contributed by atoms with Crippen molar-refractivity contribution in [3.8, 4) is 16.9 Å². The molecule has 1 N–H and O–H groups in total. The number of anilines is 1. The number of hydrogen-bond acceptors (Lipinski definition) is 4. The molecule has 6 heteroatoms. The molecule has 4 rings (SSSR count). The van der Waals surface area contributed by atoms with Gasteiger partial charge < -0.3 is 9.84 Å².